The summed E-state index contributed by atoms with van der Waals surface area (Å²) in [5, 5.41) is 1.66. The van der Waals surface area contributed by atoms with E-state index in [9.17, 15) is 8.68 Å². The molecular weight excluding hydrogens is 302 g/mol. The summed E-state index contributed by atoms with van der Waals surface area (Å²) < 4.78 is 12.9. The lowest BCUT2D eigenvalue weighted by atomic mass is 9.73. The molecule has 1 nitrogen and oxygen atoms in total. The van der Waals surface area contributed by atoms with E-state index in [4.69, 9.17) is 0 Å². The van der Waals surface area contributed by atoms with E-state index in [0.717, 1.165) is 19.1 Å². The van der Waals surface area contributed by atoms with Gasteiger partial charge in [-0.05, 0) is 18.2 Å². The lowest BCUT2D eigenvalue weighted by Crippen LogP contribution is -2.30. The predicted octanol–water partition coefficient (Wildman–Crippen LogP) is 3.46. The SMILES string of the molecule is CC1(/C=S(\F)I)CCC=CC1C=O. The van der Waals surface area contributed by atoms with Gasteiger partial charge in [0.15, 0.2) is 0 Å². The summed E-state index contributed by atoms with van der Waals surface area (Å²) in [4.78, 5) is 10.8. The molecule has 0 fully saturated rings. The molecule has 0 aromatic heterocycles. The van der Waals surface area contributed by atoms with Crippen LogP contribution in [0.2, 0.25) is 0 Å². The Morgan fingerprint density at radius 3 is 3.00 bits per heavy atom. The topological polar surface area (TPSA) is 17.1 Å². The quantitative estimate of drug-likeness (QED) is 0.330. The van der Waals surface area contributed by atoms with E-state index in [1.54, 1.807) is 26.6 Å². The molecule has 1 aliphatic rings. The normalized spacial score (nSPS) is 36.1. The largest absolute Gasteiger partial charge is 0.303 e. The van der Waals surface area contributed by atoms with Gasteiger partial charge in [-0.3, -0.25) is 0 Å². The minimum absolute atomic E-state index is 0.151. The van der Waals surface area contributed by atoms with Crippen LogP contribution in [-0.2, 0) is 4.79 Å². The molecule has 0 spiro atoms. The van der Waals surface area contributed by atoms with Gasteiger partial charge in [0.25, 0.3) is 0 Å². The average Bonchev–Trinajstić information content (AvgIpc) is 2.03. The van der Waals surface area contributed by atoms with Crippen LogP contribution in [0.15, 0.2) is 12.2 Å². The number of halogens is 2. The van der Waals surface area contributed by atoms with Crippen LogP contribution in [0.3, 0.4) is 0 Å². The third-order valence-electron chi connectivity index (χ3n) is 2.46. The van der Waals surface area contributed by atoms with E-state index >= 15 is 0 Å². The monoisotopic (exact) mass is 314 g/mol. The molecule has 0 aliphatic heterocycles. The summed E-state index contributed by atoms with van der Waals surface area (Å²) in [6.45, 7) is 1.95. The van der Waals surface area contributed by atoms with Gasteiger partial charge in [0, 0.05) is 40.6 Å². The van der Waals surface area contributed by atoms with Gasteiger partial charge in [-0.15, -0.1) is 0 Å². The zero-order valence-electron chi connectivity index (χ0n) is 7.37. The first kappa shape index (κ1) is 11.4. The molecule has 74 valence electrons. The Kier molecular flexibility index (Phi) is 4.09. The highest BCUT2D eigenvalue weighted by molar-refractivity contribution is 14.2. The Balaban J connectivity index is 2.92. The van der Waals surface area contributed by atoms with Crippen LogP contribution in [0.25, 0.3) is 0 Å². The minimum atomic E-state index is -1.22. The predicted molar refractivity (Wildman–Crippen MR) is 64.8 cm³/mol. The van der Waals surface area contributed by atoms with Crippen LogP contribution < -0.4 is 0 Å². The smallest absolute Gasteiger partial charge is 0.127 e. The van der Waals surface area contributed by atoms with Crippen LogP contribution in [0.1, 0.15) is 19.8 Å². The number of hydrogen-bond donors (Lipinski definition) is 0. The summed E-state index contributed by atoms with van der Waals surface area (Å²) in [5.74, 6) is -0.151. The summed E-state index contributed by atoms with van der Waals surface area (Å²) >= 11 is 1.75. The van der Waals surface area contributed by atoms with Crippen molar-refractivity contribution in [3.05, 3.63) is 12.2 Å². The van der Waals surface area contributed by atoms with Crippen LogP contribution >= 0.6 is 29.2 Å². The van der Waals surface area contributed by atoms with Gasteiger partial charge in [-0.1, -0.05) is 19.1 Å². The molecule has 0 saturated heterocycles. The molecule has 1 aliphatic carbocycles. The van der Waals surface area contributed by atoms with E-state index < -0.39 is 8.04 Å². The zero-order chi connectivity index (χ0) is 9.90. The number of hydrogen-bond acceptors (Lipinski definition) is 1. The van der Waals surface area contributed by atoms with Gasteiger partial charge in [0.05, 0.1) is 0 Å². The first-order valence-corrected chi connectivity index (χ1v) is 7.85. The highest BCUT2D eigenvalue weighted by Crippen LogP contribution is 2.39. The Labute approximate surface area is 92.6 Å². The molecule has 3 unspecified atom stereocenters. The molecule has 0 amide bonds. The molecule has 0 aromatic rings. The maximum Gasteiger partial charge on any atom is 0.127 e. The maximum atomic E-state index is 12.9. The molecule has 1 rings (SSSR count). The van der Waals surface area contributed by atoms with Gasteiger partial charge in [0.2, 0.25) is 0 Å². The minimum Gasteiger partial charge on any atom is -0.303 e. The summed E-state index contributed by atoms with van der Waals surface area (Å²) in [5.41, 5.74) is -0.282. The van der Waals surface area contributed by atoms with E-state index in [0.29, 0.717) is 0 Å². The maximum absolute atomic E-state index is 12.9. The van der Waals surface area contributed by atoms with E-state index in [1.807, 2.05) is 19.1 Å². The van der Waals surface area contributed by atoms with Gasteiger partial charge in [0.1, 0.15) is 6.29 Å². The lowest BCUT2D eigenvalue weighted by Gasteiger charge is -2.32. The van der Waals surface area contributed by atoms with Crippen molar-refractivity contribution in [1.82, 2.24) is 0 Å². The Morgan fingerprint density at radius 2 is 2.46 bits per heavy atom. The van der Waals surface area contributed by atoms with Crippen molar-refractivity contribution in [2.45, 2.75) is 19.8 Å². The number of aldehydes is 1. The number of allylic oxidation sites excluding steroid dienone is 2. The molecule has 3 atom stereocenters. The fourth-order valence-corrected chi connectivity index (χ4v) is 3.99. The van der Waals surface area contributed by atoms with E-state index in [2.05, 4.69) is 0 Å². The number of carbonyl (C=O) groups is 1. The lowest BCUT2D eigenvalue weighted by molar-refractivity contribution is -0.111. The fourth-order valence-electron chi connectivity index (χ4n) is 1.57. The first-order valence-electron chi connectivity index (χ1n) is 4.12. The molecule has 0 saturated carbocycles. The van der Waals surface area contributed by atoms with Crippen LogP contribution in [0.5, 0.6) is 0 Å². The Bertz CT molecular complexity index is 260. The number of rotatable bonds is 2. The van der Waals surface area contributed by atoms with Gasteiger partial charge in [-0.25, -0.2) is 0 Å². The van der Waals surface area contributed by atoms with Crippen molar-refractivity contribution in [3.8, 4) is 0 Å². The number of carbonyl (C=O) groups excluding carboxylic acids is 1. The third-order valence-corrected chi connectivity index (χ3v) is 3.94. The molecule has 0 radical (unpaired) electrons. The second-order valence-corrected chi connectivity index (χ2v) is 6.72. The molecule has 0 heterocycles. The van der Waals surface area contributed by atoms with Crippen molar-refractivity contribution in [2.24, 2.45) is 11.3 Å². The van der Waals surface area contributed by atoms with Crippen molar-refractivity contribution in [3.63, 3.8) is 0 Å². The van der Waals surface area contributed by atoms with Gasteiger partial charge < -0.3 is 4.79 Å². The molecule has 0 N–H and O–H groups in total. The molecule has 13 heavy (non-hydrogen) atoms. The average molecular weight is 314 g/mol. The van der Waals surface area contributed by atoms with Crippen molar-refractivity contribution < 1.29 is 8.68 Å². The molecule has 4 heteroatoms. The van der Waals surface area contributed by atoms with Crippen molar-refractivity contribution >= 4 is 40.9 Å². The molecule has 0 aromatic carbocycles. The third kappa shape index (κ3) is 2.87. The fraction of sp³-hybridized carbons (Fsp3) is 0.556. The summed E-state index contributed by atoms with van der Waals surface area (Å²) in [7, 11) is -1.22. The molecule has 0 bridgehead atoms. The standard InChI is InChI=1S/C9H12FIOS/c1-9(7-13(10)11)5-3-2-4-8(9)6-12/h2,4,6-8H,3,5H2,1H3. The van der Waals surface area contributed by atoms with Crippen LogP contribution in [0.4, 0.5) is 3.89 Å². The first-order chi connectivity index (χ1) is 6.08. The van der Waals surface area contributed by atoms with Gasteiger partial charge in [-0.2, -0.15) is 3.89 Å². The van der Waals surface area contributed by atoms with E-state index in [-0.39, 0.29) is 11.3 Å². The molecular formula is C9H12FIOS. The highest BCUT2D eigenvalue weighted by atomic mass is 127. The second-order valence-electron chi connectivity index (χ2n) is 3.49. The highest BCUT2D eigenvalue weighted by Gasteiger charge is 2.32. The summed E-state index contributed by atoms with van der Waals surface area (Å²) in [6.07, 6.45) is 6.60. The van der Waals surface area contributed by atoms with Crippen LogP contribution in [0, 0.1) is 11.3 Å². The zero-order valence-corrected chi connectivity index (χ0v) is 10.3. The Hall–Kier alpha value is 0.290. The Morgan fingerprint density at radius 1 is 1.77 bits per heavy atom. The van der Waals surface area contributed by atoms with Crippen molar-refractivity contribution in [1.29, 1.82) is 0 Å². The van der Waals surface area contributed by atoms with E-state index in [1.165, 1.54) is 0 Å². The van der Waals surface area contributed by atoms with Gasteiger partial charge >= 0.3 is 0 Å². The summed E-state index contributed by atoms with van der Waals surface area (Å²) in [6, 6.07) is 0. The second kappa shape index (κ2) is 4.68. The van der Waals surface area contributed by atoms with Crippen LogP contribution in [-0.4, -0.2) is 11.7 Å². The van der Waals surface area contributed by atoms with Crippen molar-refractivity contribution in [2.75, 3.05) is 0 Å².